The maximum absolute atomic E-state index is 12.4. The van der Waals surface area contributed by atoms with Crippen molar-refractivity contribution in [1.29, 1.82) is 0 Å². The van der Waals surface area contributed by atoms with Crippen molar-refractivity contribution < 1.29 is 9.59 Å². The van der Waals surface area contributed by atoms with Crippen molar-refractivity contribution in [1.82, 2.24) is 14.8 Å². The Bertz CT molecular complexity index is 833. The highest BCUT2D eigenvalue weighted by Crippen LogP contribution is 2.26. The van der Waals surface area contributed by atoms with E-state index in [1.165, 1.54) is 11.3 Å². The van der Waals surface area contributed by atoms with E-state index >= 15 is 0 Å². The average Bonchev–Trinajstić information content (AvgIpc) is 3.29. The number of thiazole rings is 1. The van der Waals surface area contributed by atoms with Crippen molar-refractivity contribution >= 4 is 46.0 Å². The number of Topliss-reactive ketones (excluding diaryl/α,β-unsaturated/α-hetero) is 1. The van der Waals surface area contributed by atoms with Gasteiger partial charge in [-0.1, -0.05) is 32.4 Å². The summed E-state index contributed by atoms with van der Waals surface area (Å²) in [6.45, 7) is 10.4. The van der Waals surface area contributed by atoms with Crippen molar-refractivity contribution in [3.8, 4) is 0 Å². The Labute approximate surface area is 179 Å². The van der Waals surface area contributed by atoms with E-state index in [0.717, 1.165) is 30.3 Å². The number of amides is 1. The SMILES string of the molecule is CC(C)(C)c1nc(CN2CCN(C(=O)CCC(=O)c3ccc(Cl)s3)CC2)cs1. The molecule has 1 aliphatic rings. The number of hydrogen-bond acceptors (Lipinski definition) is 6. The summed E-state index contributed by atoms with van der Waals surface area (Å²) in [5.74, 6) is 0.0430. The zero-order valence-corrected chi connectivity index (χ0v) is 18.9. The molecule has 0 N–H and O–H groups in total. The van der Waals surface area contributed by atoms with Gasteiger partial charge in [0.25, 0.3) is 0 Å². The van der Waals surface area contributed by atoms with Crippen molar-refractivity contribution in [2.75, 3.05) is 26.2 Å². The minimum Gasteiger partial charge on any atom is -0.340 e. The first-order valence-electron chi connectivity index (χ1n) is 9.46. The first-order valence-corrected chi connectivity index (χ1v) is 11.5. The summed E-state index contributed by atoms with van der Waals surface area (Å²) in [4.78, 5) is 34.2. The van der Waals surface area contributed by atoms with Crippen LogP contribution < -0.4 is 0 Å². The van der Waals surface area contributed by atoms with Crippen molar-refractivity contribution in [3.05, 3.63) is 37.4 Å². The summed E-state index contributed by atoms with van der Waals surface area (Å²) >= 11 is 8.85. The van der Waals surface area contributed by atoms with E-state index in [9.17, 15) is 9.59 Å². The number of rotatable bonds is 6. The van der Waals surface area contributed by atoms with Gasteiger partial charge in [-0.25, -0.2) is 4.98 Å². The Hall–Kier alpha value is -1.28. The van der Waals surface area contributed by atoms with Crippen LogP contribution in [0.4, 0.5) is 0 Å². The largest absolute Gasteiger partial charge is 0.340 e. The molecule has 2 aromatic rings. The molecule has 0 spiro atoms. The average molecular weight is 440 g/mol. The number of aromatic nitrogens is 1. The first kappa shape index (κ1) is 21.4. The Morgan fingerprint density at radius 3 is 2.43 bits per heavy atom. The maximum Gasteiger partial charge on any atom is 0.223 e. The quantitative estimate of drug-likeness (QED) is 0.623. The van der Waals surface area contributed by atoms with Crippen molar-refractivity contribution in [2.24, 2.45) is 0 Å². The minimum atomic E-state index is -0.0120. The second-order valence-corrected chi connectivity index (χ2v) is 10.7. The lowest BCUT2D eigenvalue weighted by Gasteiger charge is -2.34. The van der Waals surface area contributed by atoms with Gasteiger partial charge in [0.15, 0.2) is 5.78 Å². The fourth-order valence-corrected chi connectivity index (χ4v) is 4.98. The fraction of sp³-hybridized carbons (Fsp3) is 0.550. The van der Waals surface area contributed by atoms with Crippen LogP contribution in [-0.4, -0.2) is 52.7 Å². The van der Waals surface area contributed by atoms with Gasteiger partial charge in [-0.05, 0) is 12.1 Å². The zero-order chi connectivity index (χ0) is 20.3. The molecule has 0 unspecified atom stereocenters. The molecule has 0 saturated carbocycles. The summed E-state index contributed by atoms with van der Waals surface area (Å²) in [6, 6.07) is 3.44. The Balaban J connectivity index is 1.42. The van der Waals surface area contributed by atoms with Crippen LogP contribution in [0, 0.1) is 0 Å². The Morgan fingerprint density at radius 2 is 1.86 bits per heavy atom. The van der Waals surface area contributed by atoms with Crippen LogP contribution in [-0.2, 0) is 16.8 Å². The third-order valence-electron chi connectivity index (χ3n) is 4.72. The number of halogens is 1. The molecule has 28 heavy (non-hydrogen) atoms. The summed E-state index contributed by atoms with van der Waals surface area (Å²) in [6.07, 6.45) is 0.500. The highest BCUT2D eigenvalue weighted by Gasteiger charge is 2.23. The molecule has 1 fully saturated rings. The summed E-state index contributed by atoms with van der Waals surface area (Å²) in [7, 11) is 0. The van der Waals surface area contributed by atoms with E-state index in [0.29, 0.717) is 22.3 Å². The van der Waals surface area contributed by atoms with Gasteiger partial charge in [-0.2, -0.15) is 0 Å². The molecule has 8 heteroatoms. The van der Waals surface area contributed by atoms with Gasteiger partial charge >= 0.3 is 0 Å². The standard InChI is InChI=1S/C20H26ClN3O2S2/c1-20(2,3)19-22-14(13-27-19)12-23-8-10-24(11-9-23)18(26)7-4-15(25)16-5-6-17(21)28-16/h5-6,13H,4,7-12H2,1-3H3. The normalized spacial score (nSPS) is 15.8. The maximum atomic E-state index is 12.4. The van der Waals surface area contributed by atoms with Gasteiger partial charge in [-0.3, -0.25) is 14.5 Å². The van der Waals surface area contributed by atoms with Crippen LogP contribution in [0.3, 0.4) is 0 Å². The highest BCUT2D eigenvalue weighted by atomic mass is 35.5. The second-order valence-electron chi connectivity index (χ2n) is 8.08. The van der Waals surface area contributed by atoms with Crippen LogP contribution in [0.1, 0.15) is 54.0 Å². The second kappa shape index (κ2) is 9.03. The zero-order valence-electron chi connectivity index (χ0n) is 16.5. The predicted octanol–water partition coefficient (Wildman–Crippen LogP) is 4.46. The molecule has 1 saturated heterocycles. The topological polar surface area (TPSA) is 53.5 Å². The van der Waals surface area contributed by atoms with Gasteiger partial charge in [0.05, 0.1) is 19.9 Å². The van der Waals surface area contributed by atoms with E-state index in [1.807, 2.05) is 4.90 Å². The van der Waals surface area contributed by atoms with E-state index in [2.05, 4.69) is 31.1 Å². The van der Waals surface area contributed by atoms with E-state index < -0.39 is 0 Å². The minimum absolute atomic E-state index is 0.0120. The number of piperazine rings is 1. The van der Waals surface area contributed by atoms with Crippen LogP contribution in [0.15, 0.2) is 17.5 Å². The smallest absolute Gasteiger partial charge is 0.223 e. The van der Waals surface area contributed by atoms with E-state index in [4.69, 9.17) is 16.6 Å². The number of ketones is 1. The molecular weight excluding hydrogens is 414 g/mol. The van der Waals surface area contributed by atoms with Crippen LogP contribution in [0.25, 0.3) is 0 Å². The molecule has 0 radical (unpaired) electrons. The molecule has 1 aliphatic heterocycles. The number of thiophene rings is 1. The van der Waals surface area contributed by atoms with E-state index in [-0.39, 0.29) is 29.9 Å². The molecule has 0 aliphatic carbocycles. The lowest BCUT2D eigenvalue weighted by atomic mass is 9.98. The van der Waals surface area contributed by atoms with Crippen LogP contribution in [0.2, 0.25) is 4.34 Å². The molecule has 0 atom stereocenters. The number of carbonyl (C=O) groups excluding carboxylic acids is 2. The highest BCUT2D eigenvalue weighted by molar-refractivity contribution is 7.18. The molecule has 1 amide bonds. The third kappa shape index (κ3) is 5.63. The van der Waals surface area contributed by atoms with Gasteiger partial charge in [-0.15, -0.1) is 22.7 Å². The molecular formula is C20H26ClN3O2S2. The number of nitrogens with zero attached hydrogens (tertiary/aromatic N) is 3. The summed E-state index contributed by atoms with van der Waals surface area (Å²) in [5.41, 5.74) is 1.19. The van der Waals surface area contributed by atoms with Gasteiger partial charge in [0, 0.05) is 56.4 Å². The van der Waals surface area contributed by atoms with Crippen LogP contribution >= 0.6 is 34.3 Å². The monoisotopic (exact) mass is 439 g/mol. The van der Waals surface area contributed by atoms with E-state index in [1.54, 1.807) is 23.5 Å². The Morgan fingerprint density at radius 1 is 1.14 bits per heavy atom. The molecule has 5 nitrogen and oxygen atoms in total. The molecule has 2 aromatic heterocycles. The molecule has 152 valence electrons. The fourth-order valence-electron chi connectivity index (χ4n) is 3.07. The molecule has 0 aromatic carbocycles. The summed E-state index contributed by atoms with van der Waals surface area (Å²) < 4.78 is 0.598. The predicted molar refractivity (Wildman–Crippen MR) is 116 cm³/mol. The first-order chi connectivity index (χ1) is 13.2. The Kier molecular flexibility index (Phi) is 6.91. The van der Waals surface area contributed by atoms with Gasteiger partial charge in [0.2, 0.25) is 5.91 Å². The summed E-state index contributed by atoms with van der Waals surface area (Å²) in [5, 5.41) is 3.30. The lowest BCUT2D eigenvalue weighted by molar-refractivity contribution is -0.133. The van der Waals surface area contributed by atoms with Gasteiger partial charge < -0.3 is 4.90 Å². The molecule has 0 bridgehead atoms. The van der Waals surface area contributed by atoms with Crippen LogP contribution in [0.5, 0.6) is 0 Å². The van der Waals surface area contributed by atoms with Crippen molar-refractivity contribution in [3.63, 3.8) is 0 Å². The van der Waals surface area contributed by atoms with Gasteiger partial charge in [0.1, 0.15) is 0 Å². The number of carbonyl (C=O) groups is 2. The number of hydrogen-bond donors (Lipinski definition) is 0. The van der Waals surface area contributed by atoms with Crippen molar-refractivity contribution in [2.45, 2.75) is 45.6 Å². The third-order valence-corrected chi connectivity index (χ3v) is 7.31. The lowest BCUT2D eigenvalue weighted by Crippen LogP contribution is -2.48. The molecule has 3 rings (SSSR count). The molecule has 3 heterocycles.